The molecule has 1 aliphatic rings. The fraction of sp³-hybridized carbons (Fsp3) is 0.208. The molecule has 0 radical (unpaired) electrons. The summed E-state index contributed by atoms with van der Waals surface area (Å²) in [6.45, 7) is 0.429. The van der Waals surface area contributed by atoms with Gasteiger partial charge in [-0.15, -0.1) is 0 Å². The zero-order chi connectivity index (χ0) is 21.2. The van der Waals surface area contributed by atoms with Gasteiger partial charge in [-0.05, 0) is 55.2 Å². The molecule has 0 N–H and O–H groups in total. The van der Waals surface area contributed by atoms with E-state index < -0.39 is 0 Å². The van der Waals surface area contributed by atoms with Gasteiger partial charge in [-0.1, -0.05) is 23.7 Å². The summed E-state index contributed by atoms with van der Waals surface area (Å²) in [6, 6.07) is 13.2. The standard InChI is InChI=1S/C24H20ClN5O/c25-22-9-8-17-7-6-16(13-20(17)29-22)15-30(24(31)18-3-2-10-26-14-18)21-5-1-4-19-23(21)28-12-11-27-19/h2-3,6-14,21H,1,4-5,15H2. The van der Waals surface area contributed by atoms with E-state index in [1.165, 1.54) is 0 Å². The number of aromatic nitrogens is 4. The van der Waals surface area contributed by atoms with Crippen molar-refractivity contribution in [3.63, 3.8) is 0 Å². The number of hydrogen-bond acceptors (Lipinski definition) is 5. The Balaban J connectivity index is 1.55. The van der Waals surface area contributed by atoms with E-state index in [1.807, 2.05) is 29.2 Å². The highest BCUT2D eigenvalue weighted by atomic mass is 35.5. The van der Waals surface area contributed by atoms with E-state index in [2.05, 4.69) is 19.9 Å². The monoisotopic (exact) mass is 429 g/mol. The van der Waals surface area contributed by atoms with E-state index in [9.17, 15) is 4.79 Å². The van der Waals surface area contributed by atoms with Crippen LogP contribution >= 0.6 is 11.6 Å². The lowest BCUT2D eigenvalue weighted by molar-refractivity contribution is 0.0631. The van der Waals surface area contributed by atoms with Crippen molar-refractivity contribution in [2.45, 2.75) is 31.8 Å². The largest absolute Gasteiger partial charge is 0.326 e. The lowest BCUT2D eigenvalue weighted by atomic mass is 9.93. The molecule has 7 heteroatoms. The molecule has 1 aliphatic carbocycles. The van der Waals surface area contributed by atoms with E-state index in [0.717, 1.165) is 47.1 Å². The molecule has 154 valence electrons. The van der Waals surface area contributed by atoms with Gasteiger partial charge in [-0.25, -0.2) is 4.98 Å². The fourth-order valence-electron chi connectivity index (χ4n) is 4.16. The molecular formula is C24H20ClN5O. The molecule has 4 aromatic rings. The van der Waals surface area contributed by atoms with Gasteiger partial charge < -0.3 is 4.90 Å². The van der Waals surface area contributed by atoms with Crippen molar-refractivity contribution in [1.29, 1.82) is 0 Å². The first-order valence-electron chi connectivity index (χ1n) is 10.2. The summed E-state index contributed by atoms with van der Waals surface area (Å²) < 4.78 is 0. The van der Waals surface area contributed by atoms with Crippen molar-refractivity contribution in [3.8, 4) is 0 Å². The number of carbonyl (C=O) groups excluding carboxylic acids is 1. The fourth-order valence-corrected chi connectivity index (χ4v) is 4.32. The van der Waals surface area contributed by atoms with E-state index in [1.54, 1.807) is 43.0 Å². The molecule has 31 heavy (non-hydrogen) atoms. The molecule has 5 rings (SSSR count). The number of amides is 1. The van der Waals surface area contributed by atoms with Crippen LogP contribution in [0.25, 0.3) is 10.9 Å². The van der Waals surface area contributed by atoms with Crippen LogP contribution in [0, 0.1) is 0 Å². The van der Waals surface area contributed by atoms with Crippen LogP contribution in [0.2, 0.25) is 5.15 Å². The van der Waals surface area contributed by atoms with Gasteiger partial charge in [0.25, 0.3) is 5.91 Å². The molecule has 0 aliphatic heterocycles. The molecule has 1 unspecified atom stereocenters. The summed E-state index contributed by atoms with van der Waals surface area (Å²) in [5, 5.41) is 1.46. The van der Waals surface area contributed by atoms with Gasteiger partial charge in [0.1, 0.15) is 5.15 Å². The Labute approximate surface area is 185 Å². The Morgan fingerprint density at radius 1 is 1.10 bits per heavy atom. The second-order valence-electron chi connectivity index (χ2n) is 7.63. The normalized spacial score (nSPS) is 15.5. The van der Waals surface area contributed by atoms with Crippen LogP contribution in [0.5, 0.6) is 0 Å². The van der Waals surface area contributed by atoms with Crippen LogP contribution in [-0.2, 0) is 13.0 Å². The van der Waals surface area contributed by atoms with Crippen LogP contribution in [0.4, 0.5) is 0 Å². The highest BCUT2D eigenvalue weighted by Gasteiger charge is 2.32. The summed E-state index contributed by atoms with van der Waals surface area (Å²) in [5.74, 6) is -0.0734. The smallest absolute Gasteiger partial charge is 0.256 e. The van der Waals surface area contributed by atoms with E-state index >= 15 is 0 Å². The number of hydrogen-bond donors (Lipinski definition) is 0. The van der Waals surface area contributed by atoms with Gasteiger partial charge >= 0.3 is 0 Å². The van der Waals surface area contributed by atoms with E-state index in [0.29, 0.717) is 17.3 Å². The predicted molar refractivity (Wildman–Crippen MR) is 119 cm³/mol. The minimum absolute atomic E-state index is 0.0734. The number of carbonyl (C=O) groups is 1. The quantitative estimate of drug-likeness (QED) is 0.436. The number of nitrogens with zero attached hydrogens (tertiary/aromatic N) is 5. The molecule has 0 spiro atoms. The van der Waals surface area contributed by atoms with Crippen molar-refractivity contribution >= 4 is 28.4 Å². The number of rotatable bonds is 4. The first-order chi connectivity index (χ1) is 15.2. The average molecular weight is 430 g/mol. The molecule has 0 fully saturated rings. The van der Waals surface area contributed by atoms with Gasteiger partial charge in [0.05, 0.1) is 28.5 Å². The molecule has 0 saturated heterocycles. The zero-order valence-electron chi connectivity index (χ0n) is 16.8. The Morgan fingerprint density at radius 3 is 2.84 bits per heavy atom. The van der Waals surface area contributed by atoms with Crippen molar-refractivity contribution in [1.82, 2.24) is 24.8 Å². The maximum Gasteiger partial charge on any atom is 0.256 e. The Morgan fingerprint density at radius 2 is 1.97 bits per heavy atom. The number of aryl methyl sites for hydroxylation is 1. The Bertz CT molecular complexity index is 1250. The molecule has 6 nitrogen and oxygen atoms in total. The third-order valence-corrected chi connectivity index (χ3v) is 5.84. The van der Waals surface area contributed by atoms with Crippen molar-refractivity contribution < 1.29 is 4.79 Å². The molecule has 3 aromatic heterocycles. The van der Waals surface area contributed by atoms with Crippen molar-refractivity contribution in [2.75, 3.05) is 0 Å². The average Bonchev–Trinajstić information content (AvgIpc) is 2.82. The molecule has 1 amide bonds. The topological polar surface area (TPSA) is 71.9 Å². The SMILES string of the molecule is O=C(c1cccnc1)N(Cc1ccc2ccc(Cl)nc2c1)C1CCCc2nccnc21. The van der Waals surface area contributed by atoms with Crippen LogP contribution in [0.1, 0.15) is 46.2 Å². The third kappa shape index (κ3) is 3.99. The Kier molecular flexibility index (Phi) is 5.30. The lowest BCUT2D eigenvalue weighted by Crippen LogP contribution is -2.37. The van der Waals surface area contributed by atoms with Crippen molar-refractivity contribution in [3.05, 3.63) is 94.9 Å². The summed E-state index contributed by atoms with van der Waals surface area (Å²) in [5.41, 5.74) is 4.20. The maximum atomic E-state index is 13.6. The highest BCUT2D eigenvalue weighted by molar-refractivity contribution is 6.29. The molecule has 1 aromatic carbocycles. The number of halogens is 1. The second-order valence-corrected chi connectivity index (χ2v) is 8.02. The van der Waals surface area contributed by atoms with Crippen LogP contribution in [0.15, 0.2) is 67.3 Å². The second kappa shape index (κ2) is 8.40. The molecular weight excluding hydrogens is 410 g/mol. The Hall–Kier alpha value is -3.38. The van der Waals surface area contributed by atoms with Gasteiger partial charge in [0.15, 0.2) is 0 Å². The summed E-state index contributed by atoms with van der Waals surface area (Å²) in [7, 11) is 0. The highest BCUT2D eigenvalue weighted by Crippen LogP contribution is 2.34. The first kappa shape index (κ1) is 19.6. The number of pyridine rings is 2. The molecule has 3 heterocycles. The summed E-state index contributed by atoms with van der Waals surface area (Å²) in [6.07, 6.45) is 9.38. The predicted octanol–water partition coefficient (Wildman–Crippen LogP) is 4.79. The number of fused-ring (bicyclic) bond motifs is 2. The van der Waals surface area contributed by atoms with Gasteiger partial charge in [0, 0.05) is 36.7 Å². The molecule has 0 bridgehead atoms. The summed E-state index contributed by atoms with van der Waals surface area (Å²) in [4.78, 5) is 33.1. The lowest BCUT2D eigenvalue weighted by Gasteiger charge is -2.34. The van der Waals surface area contributed by atoms with Crippen molar-refractivity contribution in [2.24, 2.45) is 0 Å². The van der Waals surface area contributed by atoms with Crippen LogP contribution in [0.3, 0.4) is 0 Å². The van der Waals surface area contributed by atoms with E-state index in [4.69, 9.17) is 11.6 Å². The minimum Gasteiger partial charge on any atom is -0.326 e. The third-order valence-electron chi connectivity index (χ3n) is 5.63. The van der Waals surface area contributed by atoms with E-state index in [-0.39, 0.29) is 11.9 Å². The minimum atomic E-state index is -0.145. The summed E-state index contributed by atoms with van der Waals surface area (Å²) >= 11 is 6.09. The zero-order valence-corrected chi connectivity index (χ0v) is 17.5. The van der Waals surface area contributed by atoms with Gasteiger partial charge in [-0.3, -0.25) is 19.7 Å². The first-order valence-corrected chi connectivity index (χ1v) is 10.6. The van der Waals surface area contributed by atoms with Crippen LogP contribution < -0.4 is 0 Å². The van der Waals surface area contributed by atoms with Gasteiger partial charge in [0.2, 0.25) is 0 Å². The maximum absolute atomic E-state index is 13.6. The van der Waals surface area contributed by atoms with Gasteiger partial charge in [-0.2, -0.15) is 0 Å². The van der Waals surface area contributed by atoms with Crippen LogP contribution in [-0.4, -0.2) is 30.7 Å². The molecule has 0 saturated carbocycles. The number of benzene rings is 1. The molecule has 1 atom stereocenters.